The lowest BCUT2D eigenvalue weighted by Gasteiger charge is -2.08. The number of nitrogens with zero attached hydrogens (tertiary/aromatic N) is 2. The third-order valence-electron chi connectivity index (χ3n) is 3.60. The fourth-order valence-corrected chi connectivity index (χ4v) is 2.56. The van der Waals surface area contributed by atoms with Crippen molar-refractivity contribution in [3.63, 3.8) is 0 Å². The Hall–Kier alpha value is -2.24. The van der Waals surface area contributed by atoms with Crippen LogP contribution in [0.2, 0.25) is 5.02 Å². The Morgan fingerprint density at radius 1 is 1.22 bits per heavy atom. The lowest BCUT2D eigenvalue weighted by Crippen LogP contribution is -2.06. The van der Waals surface area contributed by atoms with Crippen LogP contribution < -0.4 is 10.1 Å². The van der Waals surface area contributed by atoms with Crippen LogP contribution in [0.4, 0.5) is 5.69 Å². The number of aromatic nitrogens is 2. The van der Waals surface area contributed by atoms with Crippen LogP contribution in [-0.4, -0.2) is 27.9 Å². The summed E-state index contributed by atoms with van der Waals surface area (Å²) in [6.07, 6.45) is 0. The number of hydrogen-bond donors (Lipinski definition) is 2. The number of nitrogens with one attached hydrogen (secondary N) is 1. The predicted octanol–water partition coefficient (Wildman–Crippen LogP) is 3.21. The van der Waals surface area contributed by atoms with Crippen molar-refractivity contribution in [3.05, 3.63) is 53.3 Å². The van der Waals surface area contributed by atoms with Crippen molar-refractivity contribution >= 4 is 28.3 Å². The second-order valence-corrected chi connectivity index (χ2v) is 5.61. The normalized spacial score (nSPS) is 10.9. The van der Waals surface area contributed by atoms with Gasteiger partial charge in [-0.1, -0.05) is 11.6 Å². The van der Waals surface area contributed by atoms with Gasteiger partial charge in [-0.2, -0.15) is 0 Å². The Morgan fingerprint density at radius 2 is 2.00 bits per heavy atom. The Labute approximate surface area is 139 Å². The van der Waals surface area contributed by atoms with E-state index >= 15 is 0 Å². The van der Waals surface area contributed by atoms with Crippen LogP contribution in [0.15, 0.2) is 42.5 Å². The summed E-state index contributed by atoms with van der Waals surface area (Å²) in [6.45, 7) is 0.922. The molecular weight excluding hydrogens is 314 g/mol. The minimum Gasteiger partial charge on any atom is -0.491 e. The molecule has 120 valence electrons. The van der Waals surface area contributed by atoms with E-state index in [-0.39, 0.29) is 6.61 Å². The van der Waals surface area contributed by atoms with Gasteiger partial charge in [0.15, 0.2) is 0 Å². The Bertz CT molecular complexity index is 799. The zero-order valence-corrected chi connectivity index (χ0v) is 13.5. The van der Waals surface area contributed by atoms with Crippen LogP contribution in [0, 0.1) is 0 Å². The van der Waals surface area contributed by atoms with Crippen molar-refractivity contribution in [2.45, 2.75) is 6.54 Å². The van der Waals surface area contributed by atoms with Crippen molar-refractivity contribution in [2.75, 3.05) is 18.5 Å². The molecule has 0 saturated carbocycles. The molecule has 0 radical (unpaired) electrons. The van der Waals surface area contributed by atoms with Gasteiger partial charge in [0.25, 0.3) is 0 Å². The first kappa shape index (κ1) is 15.6. The molecule has 2 aromatic carbocycles. The number of aliphatic hydroxyl groups is 1. The van der Waals surface area contributed by atoms with Crippen LogP contribution in [0.3, 0.4) is 0 Å². The smallest absolute Gasteiger partial charge is 0.128 e. The molecule has 0 aliphatic heterocycles. The van der Waals surface area contributed by atoms with E-state index in [1.165, 1.54) is 0 Å². The van der Waals surface area contributed by atoms with Crippen molar-refractivity contribution in [1.82, 2.24) is 9.55 Å². The topological polar surface area (TPSA) is 59.3 Å². The highest BCUT2D eigenvalue weighted by Gasteiger charge is 2.08. The van der Waals surface area contributed by atoms with E-state index in [2.05, 4.69) is 14.9 Å². The number of hydrogen-bond acceptors (Lipinski definition) is 4. The SMILES string of the molecule is Cn1c(CNc2ccc(OCCO)cc2)nc2cc(Cl)ccc21. The van der Waals surface area contributed by atoms with Crippen molar-refractivity contribution in [1.29, 1.82) is 0 Å². The second kappa shape index (κ2) is 6.89. The molecule has 1 heterocycles. The van der Waals surface area contributed by atoms with Gasteiger partial charge in [-0.15, -0.1) is 0 Å². The number of anilines is 1. The van der Waals surface area contributed by atoms with Crippen molar-refractivity contribution in [3.8, 4) is 5.75 Å². The Morgan fingerprint density at radius 3 is 2.74 bits per heavy atom. The lowest BCUT2D eigenvalue weighted by molar-refractivity contribution is 0.201. The minimum absolute atomic E-state index is 0.0107. The average Bonchev–Trinajstić information content (AvgIpc) is 2.87. The molecule has 0 bridgehead atoms. The van der Waals surface area contributed by atoms with Crippen LogP contribution in [0.5, 0.6) is 5.75 Å². The molecule has 3 rings (SSSR count). The van der Waals surface area contributed by atoms with Crippen LogP contribution >= 0.6 is 11.6 Å². The molecule has 1 aromatic heterocycles. The largest absolute Gasteiger partial charge is 0.491 e. The third-order valence-corrected chi connectivity index (χ3v) is 3.84. The number of halogens is 1. The lowest BCUT2D eigenvalue weighted by atomic mass is 10.3. The highest BCUT2D eigenvalue weighted by atomic mass is 35.5. The summed E-state index contributed by atoms with van der Waals surface area (Å²) in [5.41, 5.74) is 2.93. The summed E-state index contributed by atoms with van der Waals surface area (Å²) in [5, 5.41) is 12.8. The maximum absolute atomic E-state index is 8.74. The Kier molecular flexibility index (Phi) is 4.69. The Balaban J connectivity index is 1.69. The van der Waals surface area contributed by atoms with Crippen LogP contribution in [0.1, 0.15) is 5.82 Å². The first-order valence-corrected chi connectivity index (χ1v) is 7.73. The zero-order chi connectivity index (χ0) is 16.2. The van der Waals surface area contributed by atoms with Gasteiger partial charge in [0.1, 0.15) is 18.2 Å². The quantitative estimate of drug-likeness (QED) is 0.728. The zero-order valence-electron chi connectivity index (χ0n) is 12.8. The average molecular weight is 332 g/mol. The van der Waals surface area contributed by atoms with E-state index in [1.54, 1.807) is 0 Å². The summed E-state index contributed by atoms with van der Waals surface area (Å²) in [4.78, 5) is 4.61. The van der Waals surface area contributed by atoms with E-state index in [0.29, 0.717) is 18.2 Å². The minimum atomic E-state index is 0.0107. The molecule has 0 atom stereocenters. The van der Waals surface area contributed by atoms with Gasteiger partial charge in [-0.05, 0) is 42.5 Å². The van der Waals surface area contributed by atoms with E-state index in [4.69, 9.17) is 21.4 Å². The molecular formula is C17H18ClN3O2. The van der Waals surface area contributed by atoms with Gasteiger partial charge in [-0.3, -0.25) is 0 Å². The van der Waals surface area contributed by atoms with E-state index in [1.807, 2.05) is 49.5 Å². The molecule has 23 heavy (non-hydrogen) atoms. The highest BCUT2D eigenvalue weighted by molar-refractivity contribution is 6.31. The molecule has 5 nitrogen and oxygen atoms in total. The molecule has 2 N–H and O–H groups in total. The number of fused-ring (bicyclic) bond motifs is 1. The first-order chi connectivity index (χ1) is 11.2. The molecule has 0 aliphatic carbocycles. The number of rotatable bonds is 6. The van der Waals surface area contributed by atoms with E-state index in [9.17, 15) is 0 Å². The fraction of sp³-hybridized carbons (Fsp3) is 0.235. The summed E-state index contributed by atoms with van der Waals surface area (Å²) in [7, 11) is 1.99. The molecule has 0 spiro atoms. The maximum Gasteiger partial charge on any atom is 0.128 e. The molecule has 0 unspecified atom stereocenters. The van der Waals surface area contributed by atoms with E-state index in [0.717, 1.165) is 28.3 Å². The number of imidazole rings is 1. The first-order valence-electron chi connectivity index (χ1n) is 7.36. The monoisotopic (exact) mass is 331 g/mol. The molecule has 6 heteroatoms. The molecule has 0 amide bonds. The number of aryl methyl sites for hydroxylation is 1. The summed E-state index contributed by atoms with van der Waals surface area (Å²) >= 11 is 6.01. The summed E-state index contributed by atoms with van der Waals surface area (Å²) in [5.74, 6) is 1.67. The molecule has 0 fully saturated rings. The molecule has 0 saturated heterocycles. The van der Waals surface area contributed by atoms with Gasteiger partial charge >= 0.3 is 0 Å². The van der Waals surface area contributed by atoms with E-state index < -0.39 is 0 Å². The standard InChI is InChI=1S/C17H18ClN3O2/c1-21-16-7-2-12(18)10-15(16)20-17(21)11-19-13-3-5-14(6-4-13)23-9-8-22/h2-7,10,19,22H,8-9,11H2,1H3. The highest BCUT2D eigenvalue weighted by Crippen LogP contribution is 2.21. The maximum atomic E-state index is 8.74. The second-order valence-electron chi connectivity index (χ2n) is 5.17. The molecule has 3 aromatic rings. The molecule has 0 aliphatic rings. The third kappa shape index (κ3) is 3.57. The van der Waals surface area contributed by atoms with Crippen molar-refractivity contribution in [2.24, 2.45) is 7.05 Å². The predicted molar refractivity (Wildman–Crippen MR) is 92.1 cm³/mol. The summed E-state index contributed by atoms with van der Waals surface area (Å²) in [6, 6.07) is 13.3. The summed E-state index contributed by atoms with van der Waals surface area (Å²) < 4.78 is 7.39. The number of ether oxygens (including phenoxy) is 1. The van der Waals surface area contributed by atoms with Crippen LogP contribution in [-0.2, 0) is 13.6 Å². The van der Waals surface area contributed by atoms with Gasteiger partial charge < -0.3 is 19.7 Å². The number of aliphatic hydroxyl groups excluding tert-OH is 1. The van der Waals surface area contributed by atoms with Gasteiger partial charge in [-0.25, -0.2) is 4.98 Å². The fourth-order valence-electron chi connectivity index (χ4n) is 2.39. The van der Waals surface area contributed by atoms with Gasteiger partial charge in [0, 0.05) is 17.8 Å². The van der Waals surface area contributed by atoms with Crippen LogP contribution in [0.25, 0.3) is 11.0 Å². The van der Waals surface area contributed by atoms with Crippen molar-refractivity contribution < 1.29 is 9.84 Å². The number of benzene rings is 2. The van der Waals surface area contributed by atoms with Gasteiger partial charge in [0.05, 0.1) is 24.2 Å². The van der Waals surface area contributed by atoms with Gasteiger partial charge in [0.2, 0.25) is 0 Å².